The number of alkyl halides is 3. The smallest absolute Gasteiger partial charge is 0.434 e. The van der Waals surface area contributed by atoms with Crippen LogP contribution in [0.4, 0.5) is 19.1 Å². The molecule has 2 heterocycles. The van der Waals surface area contributed by atoms with E-state index in [-0.39, 0.29) is 30.7 Å². The van der Waals surface area contributed by atoms with Crippen molar-refractivity contribution in [2.24, 2.45) is 5.92 Å². The Balaban J connectivity index is 1.85. The SMILES string of the molecule is C[C@@H]1CN(c2ncc(C(=O)OCC3CC3)c(C(F)(F)F)n2)C[C@@H](C)O1. The molecule has 0 N–H and O–H groups in total. The highest BCUT2D eigenvalue weighted by atomic mass is 19.4. The summed E-state index contributed by atoms with van der Waals surface area (Å²) in [6, 6.07) is 0. The van der Waals surface area contributed by atoms with Crippen molar-refractivity contribution in [3.05, 3.63) is 17.5 Å². The Morgan fingerprint density at radius 3 is 2.52 bits per heavy atom. The zero-order valence-electron chi connectivity index (χ0n) is 14.0. The van der Waals surface area contributed by atoms with Crippen molar-refractivity contribution in [2.45, 2.75) is 45.1 Å². The van der Waals surface area contributed by atoms with Crippen molar-refractivity contribution in [3.8, 4) is 0 Å². The zero-order valence-corrected chi connectivity index (χ0v) is 14.0. The molecule has 0 unspecified atom stereocenters. The fraction of sp³-hybridized carbons (Fsp3) is 0.688. The van der Waals surface area contributed by atoms with E-state index in [9.17, 15) is 18.0 Å². The molecule has 6 nitrogen and oxygen atoms in total. The van der Waals surface area contributed by atoms with Crippen LogP contribution in [0.15, 0.2) is 6.20 Å². The van der Waals surface area contributed by atoms with Gasteiger partial charge in [-0.1, -0.05) is 0 Å². The van der Waals surface area contributed by atoms with Gasteiger partial charge in [-0.05, 0) is 32.6 Å². The van der Waals surface area contributed by atoms with Gasteiger partial charge in [0.15, 0.2) is 5.69 Å². The molecule has 0 radical (unpaired) electrons. The minimum atomic E-state index is -4.77. The fourth-order valence-electron chi connectivity index (χ4n) is 2.79. The zero-order chi connectivity index (χ0) is 18.2. The summed E-state index contributed by atoms with van der Waals surface area (Å²) in [5.74, 6) is -0.836. The molecule has 2 aliphatic rings. The minimum Gasteiger partial charge on any atom is -0.462 e. The number of hydrogen-bond acceptors (Lipinski definition) is 6. The van der Waals surface area contributed by atoms with E-state index in [4.69, 9.17) is 9.47 Å². The van der Waals surface area contributed by atoms with Crippen LogP contribution >= 0.6 is 0 Å². The van der Waals surface area contributed by atoms with Gasteiger partial charge >= 0.3 is 12.1 Å². The summed E-state index contributed by atoms with van der Waals surface area (Å²) in [6.07, 6.45) is -2.29. The van der Waals surface area contributed by atoms with Crippen molar-refractivity contribution in [3.63, 3.8) is 0 Å². The molecule has 0 spiro atoms. The lowest BCUT2D eigenvalue weighted by Gasteiger charge is -2.35. The highest BCUT2D eigenvalue weighted by Gasteiger charge is 2.39. The first kappa shape index (κ1) is 17.9. The molecule has 0 bridgehead atoms. The molecule has 138 valence electrons. The van der Waals surface area contributed by atoms with E-state index < -0.39 is 23.4 Å². The van der Waals surface area contributed by atoms with E-state index in [1.807, 2.05) is 13.8 Å². The number of anilines is 1. The number of esters is 1. The summed E-state index contributed by atoms with van der Waals surface area (Å²) in [5.41, 5.74) is -1.91. The van der Waals surface area contributed by atoms with Gasteiger partial charge < -0.3 is 14.4 Å². The van der Waals surface area contributed by atoms with Crippen molar-refractivity contribution >= 4 is 11.9 Å². The predicted molar refractivity (Wildman–Crippen MR) is 82.3 cm³/mol. The third kappa shape index (κ3) is 4.39. The molecule has 1 aliphatic carbocycles. The van der Waals surface area contributed by atoms with E-state index in [1.165, 1.54) is 0 Å². The molecular weight excluding hydrogens is 339 g/mol. The molecule has 3 rings (SSSR count). The number of hydrogen-bond donors (Lipinski definition) is 0. The topological polar surface area (TPSA) is 64.6 Å². The third-order valence-corrected chi connectivity index (χ3v) is 4.11. The maximum atomic E-state index is 13.4. The van der Waals surface area contributed by atoms with Gasteiger partial charge in [0.05, 0.1) is 18.8 Å². The van der Waals surface area contributed by atoms with Gasteiger partial charge in [0, 0.05) is 19.3 Å². The number of aromatic nitrogens is 2. The predicted octanol–water partition coefficient (Wildman–Crippen LogP) is 2.68. The second kappa shape index (κ2) is 6.78. The summed E-state index contributed by atoms with van der Waals surface area (Å²) < 4.78 is 50.7. The lowest BCUT2D eigenvalue weighted by molar-refractivity contribution is -0.141. The van der Waals surface area contributed by atoms with Crippen LogP contribution in [0.3, 0.4) is 0 Å². The van der Waals surface area contributed by atoms with E-state index >= 15 is 0 Å². The first-order valence-electron chi connectivity index (χ1n) is 8.25. The van der Waals surface area contributed by atoms with Crippen LogP contribution < -0.4 is 4.90 Å². The number of rotatable bonds is 4. The van der Waals surface area contributed by atoms with E-state index in [1.54, 1.807) is 4.90 Å². The molecule has 1 aromatic rings. The number of morpholine rings is 1. The second-order valence-electron chi connectivity index (χ2n) is 6.63. The number of nitrogens with zero attached hydrogens (tertiary/aromatic N) is 3. The molecule has 1 aromatic heterocycles. The standard InChI is InChI=1S/C16H20F3N3O3/c1-9-6-22(7-10(2)25-9)15-20-5-12(13(21-15)16(17,18)19)14(23)24-8-11-3-4-11/h5,9-11H,3-4,6-8H2,1-2H3/t9-,10-/m1/s1. The Morgan fingerprint density at radius 1 is 1.32 bits per heavy atom. The van der Waals surface area contributed by atoms with Gasteiger partial charge in [-0.2, -0.15) is 13.2 Å². The molecular formula is C16H20F3N3O3. The molecule has 2 fully saturated rings. The van der Waals surface area contributed by atoms with Gasteiger partial charge in [-0.3, -0.25) is 0 Å². The first-order chi connectivity index (χ1) is 11.7. The van der Waals surface area contributed by atoms with E-state index in [0.717, 1.165) is 19.0 Å². The normalized spacial score (nSPS) is 24.3. The maximum Gasteiger partial charge on any atom is 0.434 e. The Bertz CT molecular complexity index is 639. The molecule has 1 saturated carbocycles. The largest absolute Gasteiger partial charge is 0.462 e. The van der Waals surface area contributed by atoms with Gasteiger partial charge in [-0.15, -0.1) is 0 Å². The lowest BCUT2D eigenvalue weighted by atomic mass is 10.2. The Morgan fingerprint density at radius 2 is 1.96 bits per heavy atom. The van der Waals surface area contributed by atoms with Crippen molar-refractivity contribution in [1.82, 2.24) is 9.97 Å². The first-order valence-corrected chi connectivity index (χ1v) is 8.25. The van der Waals surface area contributed by atoms with Crippen LogP contribution in [-0.4, -0.2) is 47.8 Å². The Hall–Kier alpha value is -1.90. The average Bonchev–Trinajstić information content (AvgIpc) is 3.34. The van der Waals surface area contributed by atoms with Crippen molar-refractivity contribution in [2.75, 3.05) is 24.6 Å². The average molecular weight is 359 g/mol. The van der Waals surface area contributed by atoms with E-state index in [2.05, 4.69) is 9.97 Å². The molecule has 0 aromatic carbocycles. The van der Waals surface area contributed by atoms with Gasteiger partial charge in [-0.25, -0.2) is 14.8 Å². The second-order valence-corrected chi connectivity index (χ2v) is 6.63. The summed E-state index contributed by atoms with van der Waals surface area (Å²) >= 11 is 0. The fourth-order valence-corrected chi connectivity index (χ4v) is 2.79. The highest BCUT2D eigenvalue weighted by molar-refractivity contribution is 5.90. The monoisotopic (exact) mass is 359 g/mol. The molecule has 2 atom stereocenters. The van der Waals surface area contributed by atoms with Gasteiger partial charge in [0.25, 0.3) is 0 Å². The number of carbonyl (C=O) groups is 1. The summed E-state index contributed by atoms with van der Waals surface area (Å²) in [4.78, 5) is 21.2. The Labute approximate surface area is 143 Å². The van der Waals surface area contributed by atoms with Crippen molar-refractivity contribution in [1.29, 1.82) is 0 Å². The Kier molecular flexibility index (Phi) is 4.86. The van der Waals surface area contributed by atoms with Crippen molar-refractivity contribution < 1.29 is 27.4 Å². The molecule has 1 saturated heterocycles. The maximum absolute atomic E-state index is 13.4. The number of carbonyl (C=O) groups excluding carboxylic acids is 1. The molecule has 9 heteroatoms. The highest BCUT2D eigenvalue weighted by Crippen LogP contribution is 2.33. The summed E-state index contributed by atoms with van der Waals surface area (Å²) in [6.45, 7) is 4.56. The van der Waals surface area contributed by atoms with Crippen LogP contribution in [0.1, 0.15) is 42.7 Å². The van der Waals surface area contributed by atoms with Crippen LogP contribution in [0.5, 0.6) is 0 Å². The molecule has 1 aliphatic heterocycles. The van der Waals surface area contributed by atoms with Gasteiger partial charge in [0.2, 0.25) is 5.95 Å². The third-order valence-electron chi connectivity index (χ3n) is 4.11. The minimum absolute atomic E-state index is 0.0620. The molecule has 25 heavy (non-hydrogen) atoms. The van der Waals surface area contributed by atoms with Gasteiger partial charge in [0.1, 0.15) is 5.56 Å². The molecule has 0 amide bonds. The van der Waals surface area contributed by atoms with Crippen LogP contribution in [0.25, 0.3) is 0 Å². The quantitative estimate of drug-likeness (QED) is 0.770. The van der Waals surface area contributed by atoms with Crippen LogP contribution in [0, 0.1) is 5.92 Å². The number of ether oxygens (including phenoxy) is 2. The summed E-state index contributed by atoms with van der Waals surface area (Å²) in [7, 11) is 0. The lowest BCUT2D eigenvalue weighted by Crippen LogP contribution is -2.46. The summed E-state index contributed by atoms with van der Waals surface area (Å²) in [5, 5.41) is 0. The van der Waals surface area contributed by atoms with Crippen LogP contribution in [-0.2, 0) is 15.7 Å². The number of halogens is 3. The van der Waals surface area contributed by atoms with Crippen LogP contribution in [0.2, 0.25) is 0 Å². The van der Waals surface area contributed by atoms with E-state index in [0.29, 0.717) is 13.1 Å².